The highest BCUT2D eigenvalue weighted by Gasteiger charge is 2.43. The summed E-state index contributed by atoms with van der Waals surface area (Å²) in [5, 5.41) is 0. The summed E-state index contributed by atoms with van der Waals surface area (Å²) < 4.78 is 11.7. The molecule has 0 aliphatic rings. The number of rotatable bonds is 15. The van der Waals surface area contributed by atoms with Crippen molar-refractivity contribution in [2.45, 2.75) is 124 Å². The van der Waals surface area contributed by atoms with Crippen molar-refractivity contribution in [2.24, 2.45) is 5.41 Å². The summed E-state index contributed by atoms with van der Waals surface area (Å²) in [4.78, 5) is 24.5. The first-order chi connectivity index (χ1) is 12.4. The molecule has 0 amide bonds. The average molecular weight is 371 g/mol. The molecule has 0 N–H and O–H groups in total. The molecular weight excluding hydrogens is 328 g/mol. The largest absolute Gasteiger partial charge is 0.462 e. The molecule has 0 spiro atoms. The molecule has 0 saturated heterocycles. The summed E-state index contributed by atoms with van der Waals surface area (Å²) in [5.74, 6) is -0.261. The van der Waals surface area contributed by atoms with Gasteiger partial charge in [0.1, 0.15) is 12.2 Å². The Kier molecular flexibility index (Phi) is 13.5. The first-order valence-corrected chi connectivity index (χ1v) is 10.8. The zero-order chi connectivity index (χ0) is 20.0. The minimum atomic E-state index is -0.357. The molecule has 0 aromatic rings. The van der Waals surface area contributed by atoms with E-state index in [1.165, 1.54) is 0 Å². The minimum Gasteiger partial charge on any atom is -0.462 e. The van der Waals surface area contributed by atoms with Gasteiger partial charge in [0.15, 0.2) is 0 Å². The van der Waals surface area contributed by atoms with Crippen molar-refractivity contribution in [3.63, 3.8) is 0 Å². The van der Waals surface area contributed by atoms with Crippen LogP contribution in [-0.4, -0.2) is 24.1 Å². The van der Waals surface area contributed by atoms with Gasteiger partial charge in [-0.2, -0.15) is 0 Å². The van der Waals surface area contributed by atoms with Gasteiger partial charge in [0, 0.05) is 18.3 Å². The SMILES string of the molecule is CCCCCC(=O)OC(CC)C(C)(CC)C(CC)OC(=O)CCCCC. The van der Waals surface area contributed by atoms with Crippen molar-refractivity contribution in [1.29, 1.82) is 0 Å². The molecule has 0 heterocycles. The Hall–Kier alpha value is -1.06. The summed E-state index contributed by atoms with van der Waals surface area (Å²) in [6.45, 7) is 12.5. The van der Waals surface area contributed by atoms with Gasteiger partial charge < -0.3 is 9.47 Å². The fourth-order valence-corrected chi connectivity index (χ4v) is 3.51. The predicted molar refractivity (Wildman–Crippen MR) is 107 cm³/mol. The van der Waals surface area contributed by atoms with E-state index in [9.17, 15) is 9.59 Å². The van der Waals surface area contributed by atoms with Crippen LogP contribution in [0.15, 0.2) is 0 Å². The summed E-state index contributed by atoms with van der Waals surface area (Å²) in [6, 6.07) is 0. The maximum Gasteiger partial charge on any atom is 0.306 e. The Labute approximate surface area is 161 Å². The van der Waals surface area contributed by atoms with Crippen LogP contribution in [0.4, 0.5) is 0 Å². The Morgan fingerprint density at radius 3 is 1.38 bits per heavy atom. The number of esters is 2. The lowest BCUT2D eigenvalue weighted by Crippen LogP contribution is -2.46. The third-order valence-corrected chi connectivity index (χ3v) is 5.49. The van der Waals surface area contributed by atoms with Crippen molar-refractivity contribution in [1.82, 2.24) is 0 Å². The Balaban J connectivity index is 4.95. The van der Waals surface area contributed by atoms with Crippen LogP contribution in [0.25, 0.3) is 0 Å². The summed E-state index contributed by atoms with van der Waals surface area (Å²) in [5.41, 5.74) is -0.357. The molecule has 0 aromatic carbocycles. The fraction of sp³-hybridized carbons (Fsp3) is 0.909. The molecule has 0 aliphatic heterocycles. The fourth-order valence-electron chi connectivity index (χ4n) is 3.51. The third kappa shape index (κ3) is 8.55. The van der Waals surface area contributed by atoms with Crippen molar-refractivity contribution in [3.05, 3.63) is 0 Å². The van der Waals surface area contributed by atoms with Gasteiger partial charge in [-0.15, -0.1) is 0 Å². The number of carbonyl (C=O) groups excluding carboxylic acids is 2. The van der Waals surface area contributed by atoms with Crippen LogP contribution in [0, 0.1) is 5.41 Å². The van der Waals surface area contributed by atoms with Crippen LogP contribution in [0.3, 0.4) is 0 Å². The molecule has 2 atom stereocenters. The third-order valence-electron chi connectivity index (χ3n) is 5.49. The molecule has 0 aromatic heterocycles. The lowest BCUT2D eigenvalue weighted by atomic mass is 9.74. The summed E-state index contributed by atoms with van der Waals surface area (Å²) in [7, 11) is 0. The van der Waals surface area contributed by atoms with Crippen LogP contribution in [0.2, 0.25) is 0 Å². The smallest absolute Gasteiger partial charge is 0.306 e. The van der Waals surface area contributed by atoms with Crippen molar-refractivity contribution < 1.29 is 19.1 Å². The van der Waals surface area contributed by atoms with Gasteiger partial charge >= 0.3 is 11.9 Å². The van der Waals surface area contributed by atoms with Crippen LogP contribution >= 0.6 is 0 Å². The maximum absolute atomic E-state index is 12.2. The van der Waals surface area contributed by atoms with E-state index in [0.29, 0.717) is 12.8 Å². The summed E-state index contributed by atoms with van der Waals surface area (Å²) in [6.07, 6.45) is 8.76. The van der Waals surface area contributed by atoms with E-state index in [2.05, 4.69) is 27.7 Å². The molecule has 0 rings (SSSR count). The van der Waals surface area contributed by atoms with Crippen molar-refractivity contribution in [2.75, 3.05) is 0 Å². The van der Waals surface area contributed by atoms with Gasteiger partial charge in [-0.25, -0.2) is 0 Å². The highest BCUT2D eigenvalue weighted by atomic mass is 16.6. The van der Waals surface area contributed by atoms with Crippen LogP contribution in [-0.2, 0) is 19.1 Å². The lowest BCUT2D eigenvalue weighted by Gasteiger charge is -2.41. The molecule has 154 valence electrons. The van der Waals surface area contributed by atoms with E-state index in [1.807, 2.05) is 13.8 Å². The van der Waals surface area contributed by atoms with Crippen molar-refractivity contribution in [3.8, 4) is 0 Å². The van der Waals surface area contributed by atoms with Gasteiger partial charge in [0.2, 0.25) is 0 Å². The van der Waals surface area contributed by atoms with Gasteiger partial charge in [-0.05, 0) is 32.1 Å². The predicted octanol–water partition coefficient (Wildman–Crippen LogP) is 6.21. The number of ether oxygens (including phenoxy) is 2. The topological polar surface area (TPSA) is 52.6 Å². The summed E-state index contributed by atoms with van der Waals surface area (Å²) >= 11 is 0. The van der Waals surface area contributed by atoms with Crippen molar-refractivity contribution >= 4 is 11.9 Å². The Morgan fingerprint density at radius 2 is 1.12 bits per heavy atom. The molecule has 0 bridgehead atoms. The maximum atomic E-state index is 12.2. The number of hydrogen-bond donors (Lipinski definition) is 0. The van der Waals surface area contributed by atoms with Gasteiger partial charge in [-0.1, -0.05) is 67.2 Å². The zero-order valence-corrected chi connectivity index (χ0v) is 18.1. The Morgan fingerprint density at radius 1 is 0.731 bits per heavy atom. The van der Waals surface area contributed by atoms with Crippen LogP contribution < -0.4 is 0 Å². The van der Waals surface area contributed by atoms with E-state index in [4.69, 9.17) is 9.47 Å². The van der Waals surface area contributed by atoms with E-state index >= 15 is 0 Å². The van der Waals surface area contributed by atoms with Gasteiger partial charge in [-0.3, -0.25) is 9.59 Å². The highest BCUT2D eigenvalue weighted by molar-refractivity contribution is 5.70. The molecule has 0 fully saturated rings. The Bertz CT molecular complexity index is 360. The number of hydrogen-bond acceptors (Lipinski definition) is 4. The molecule has 4 heteroatoms. The number of unbranched alkanes of at least 4 members (excludes halogenated alkanes) is 4. The molecule has 2 unspecified atom stereocenters. The monoisotopic (exact) mass is 370 g/mol. The average Bonchev–Trinajstić information content (AvgIpc) is 2.63. The zero-order valence-electron chi connectivity index (χ0n) is 18.1. The standard InChI is InChI=1S/C22H42O4/c1-7-12-14-16-20(23)25-18(9-3)22(6,11-5)19(10-4)26-21(24)17-15-13-8-2/h18-19H,7-17H2,1-6H3. The van der Waals surface area contributed by atoms with Gasteiger partial charge in [0.25, 0.3) is 0 Å². The first-order valence-electron chi connectivity index (χ1n) is 10.8. The quantitative estimate of drug-likeness (QED) is 0.254. The minimum absolute atomic E-state index is 0.130. The molecule has 0 radical (unpaired) electrons. The van der Waals surface area contributed by atoms with E-state index in [-0.39, 0.29) is 29.6 Å². The van der Waals surface area contributed by atoms with E-state index in [0.717, 1.165) is 57.8 Å². The number of carbonyl (C=O) groups is 2. The van der Waals surface area contributed by atoms with E-state index < -0.39 is 0 Å². The lowest BCUT2D eigenvalue weighted by molar-refractivity contribution is -0.174. The highest BCUT2D eigenvalue weighted by Crippen LogP contribution is 2.38. The van der Waals surface area contributed by atoms with Gasteiger partial charge in [0.05, 0.1) is 0 Å². The molecule has 4 nitrogen and oxygen atoms in total. The second-order valence-electron chi connectivity index (χ2n) is 7.55. The second-order valence-corrected chi connectivity index (χ2v) is 7.55. The molecular formula is C22H42O4. The molecule has 0 aliphatic carbocycles. The van der Waals surface area contributed by atoms with E-state index in [1.54, 1.807) is 0 Å². The normalized spacial score (nSPS) is 15.8. The van der Waals surface area contributed by atoms with Crippen LogP contribution in [0.5, 0.6) is 0 Å². The van der Waals surface area contributed by atoms with Crippen LogP contribution in [0.1, 0.15) is 112 Å². The second kappa shape index (κ2) is 14.1. The molecule has 0 saturated carbocycles. The molecule has 26 heavy (non-hydrogen) atoms. The first kappa shape index (κ1) is 24.9.